The maximum atomic E-state index is 12.5. The van der Waals surface area contributed by atoms with E-state index in [2.05, 4.69) is 0 Å². The van der Waals surface area contributed by atoms with Crippen LogP contribution in [0.25, 0.3) is 0 Å². The summed E-state index contributed by atoms with van der Waals surface area (Å²) in [6.45, 7) is 11.6. The van der Waals surface area contributed by atoms with Crippen LogP contribution in [0, 0.1) is 20.8 Å². The molecule has 1 N–H and O–H groups in total. The number of phenols is 1. The second-order valence-electron chi connectivity index (χ2n) is 7.23. The normalized spacial score (nSPS) is 13.5. The first-order valence-electron chi connectivity index (χ1n) is 10.3. The number of likely N-dealkylation sites (tertiary alicyclic amines) is 1. The fraction of sp³-hybridized carbons (Fsp3) is 0.458. The van der Waals surface area contributed by atoms with Crippen molar-refractivity contribution in [1.82, 2.24) is 4.90 Å². The molecule has 1 saturated heterocycles. The minimum absolute atomic E-state index is 0.214. The molecular formula is C24H33NO3. The molecule has 0 aliphatic carbocycles. The third-order valence-corrected chi connectivity index (χ3v) is 4.97. The van der Waals surface area contributed by atoms with E-state index in [4.69, 9.17) is 4.74 Å². The maximum Gasteiger partial charge on any atom is 0.226 e. The van der Waals surface area contributed by atoms with E-state index in [1.165, 1.54) is 6.42 Å². The lowest BCUT2D eigenvalue weighted by molar-refractivity contribution is -0.131. The monoisotopic (exact) mass is 383 g/mol. The van der Waals surface area contributed by atoms with Crippen molar-refractivity contribution in [2.24, 2.45) is 0 Å². The van der Waals surface area contributed by atoms with Crippen LogP contribution in [0.15, 0.2) is 30.3 Å². The summed E-state index contributed by atoms with van der Waals surface area (Å²) in [5.41, 5.74) is 3.83. The zero-order valence-corrected chi connectivity index (χ0v) is 17.8. The highest BCUT2D eigenvalue weighted by Gasteiger charge is 2.18. The molecule has 4 heteroatoms. The molecule has 1 heterocycles. The molecular weight excluding hydrogens is 350 g/mol. The van der Waals surface area contributed by atoms with E-state index < -0.39 is 0 Å². The van der Waals surface area contributed by atoms with E-state index in [9.17, 15) is 9.90 Å². The van der Waals surface area contributed by atoms with Crippen LogP contribution in [0.3, 0.4) is 0 Å². The highest BCUT2D eigenvalue weighted by molar-refractivity contribution is 5.79. The zero-order valence-electron chi connectivity index (χ0n) is 17.8. The van der Waals surface area contributed by atoms with Gasteiger partial charge in [-0.15, -0.1) is 0 Å². The number of hydrogen-bond acceptors (Lipinski definition) is 3. The number of hydrogen-bond donors (Lipinski definition) is 1. The average Bonchev–Trinajstić information content (AvgIpc) is 2.69. The van der Waals surface area contributed by atoms with E-state index >= 15 is 0 Å². The summed E-state index contributed by atoms with van der Waals surface area (Å²) in [5.74, 6) is 1.98. The van der Waals surface area contributed by atoms with Crippen molar-refractivity contribution < 1.29 is 14.6 Å². The van der Waals surface area contributed by atoms with Gasteiger partial charge >= 0.3 is 0 Å². The number of benzene rings is 2. The molecule has 0 radical (unpaired) electrons. The van der Waals surface area contributed by atoms with Crippen molar-refractivity contribution in [2.45, 2.75) is 60.3 Å². The smallest absolute Gasteiger partial charge is 0.226 e. The van der Waals surface area contributed by atoms with Crippen molar-refractivity contribution in [2.75, 3.05) is 13.1 Å². The molecule has 0 saturated carbocycles. The molecule has 1 aliphatic rings. The third kappa shape index (κ3) is 5.51. The van der Waals surface area contributed by atoms with E-state index in [1.54, 1.807) is 12.1 Å². The van der Waals surface area contributed by atoms with Gasteiger partial charge in [0.1, 0.15) is 17.2 Å². The largest absolute Gasteiger partial charge is 0.508 e. The van der Waals surface area contributed by atoms with Gasteiger partial charge in [-0.2, -0.15) is 0 Å². The van der Waals surface area contributed by atoms with Gasteiger partial charge in [0.25, 0.3) is 0 Å². The van der Waals surface area contributed by atoms with Gasteiger partial charge in [0, 0.05) is 13.1 Å². The van der Waals surface area contributed by atoms with Crippen LogP contribution in [0.4, 0.5) is 0 Å². The van der Waals surface area contributed by atoms with Crippen LogP contribution < -0.4 is 4.74 Å². The molecule has 0 atom stereocenters. The van der Waals surface area contributed by atoms with Gasteiger partial charge in [0.05, 0.1) is 6.42 Å². The Balaban J connectivity index is 0.00000136. The highest BCUT2D eigenvalue weighted by atomic mass is 16.5. The summed E-state index contributed by atoms with van der Waals surface area (Å²) in [4.78, 5) is 14.5. The fourth-order valence-electron chi connectivity index (χ4n) is 3.54. The van der Waals surface area contributed by atoms with E-state index in [1.807, 2.05) is 57.7 Å². The van der Waals surface area contributed by atoms with Gasteiger partial charge in [-0.1, -0.05) is 26.0 Å². The predicted molar refractivity (Wildman–Crippen MR) is 114 cm³/mol. The third-order valence-electron chi connectivity index (χ3n) is 4.97. The summed E-state index contributed by atoms with van der Waals surface area (Å²) in [7, 11) is 0. The number of phenolic OH excluding ortho intramolecular Hbond substituents is 1. The van der Waals surface area contributed by atoms with E-state index in [0.717, 1.165) is 53.9 Å². The van der Waals surface area contributed by atoms with Crippen molar-refractivity contribution in [3.8, 4) is 17.2 Å². The lowest BCUT2D eigenvalue weighted by atomic mass is 10.0. The fourth-order valence-corrected chi connectivity index (χ4v) is 3.54. The Morgan fingerprint density at radius 1 is 0.964 bits per heavy atom. The lowest BCUT2D eigenvalue weighted by Gasteiger charge is -2.27. The second-order valence-corrected chi connectivity index (χ2v) is 7.23. The molecule has 1 aliphatic heterocycles. The molecule has 1 amide bonds. The van der Waals surface area contributed by atoms with Crippen molar-refractivity contribution in [3.05, 3.63) is 52.6 Å². The van der Waals surface area contributed by atoms with E-state index in [-0.39, 0.29) is 11.7 Å². The van der Waals surface area contributed by atoms with E-state index in [0.29, 0.717) is 12.2 Å². The molecule has 28 heavy (non-hydrogen) atoms. The molecule has 0 aromatic heterocycles. The van der Waals surface area contributed by atoms with Gasteiger partial charge in [-0.25, -0.2) is 0 Å². The molecule has 2 aromatic carbocycles. The summed E-state index contributed by atoms with van der Waals surface area (Å²) < 4.78 is 6.05. The number of aryl methyl sites for hydroxylation is 3. The Bertz CT molecular complexity index is 784. The number of ether oxygens (including phenoxy) is 1. The minimum Gasteiger partial charge on any atom is -0.508 e. The van der Waals surface area contributed by atoms with Crippen LogP contribution in [-0.4, -0.2) is 29.0 Å². The first-order chi connectivity index (χ1) is 13.4. The molecule has 4 nitrogen and oxygen atoms in total. The Labute approximate surface area is 169 Å². The number of piperidine rings is 1. The molecule has 3 rings (SSSR count). The van der Waals surface area contributed by atoms with Gasteiger partial charge in [0.15, 0.2) is 0 Å². The predicted octanol–water partition coefficient (Wildman–Crippen LogP) is 5.69. The van der Waals surface area contributed by atoms with Crippen LogP contribution in [-0.2, 0) is 11.2 Å². The summed E-state index contributed by atoms with van der Waals surface area (Å²) >= 11 is 0. The summed E-state index contributed by atoms with van der Waals surface area (Å²) in [5, 5.41) is 9.66. The van der Waals surface area contributed by atoms with Crippen molar-refractivity contribution >= 4 is 5.91 Å². The number of nitrogens with zero attached hydrogens (tertiary/aromatic N) is 1. The average molecular weight is 384 g/mol. The Morgan fingerprint density at radius 3 is 2.14 bits per heavy atom. The molecule has 0 spiro atoms. The van der Waals surface area contributed by atoms with Crippen LogP contribution in [0.2, 0.25) is 0 Å². The first-order valence-corrected chi connectivity index (χ1v) is 10.3. The number of amides is 1. The minimum atomic E-state index is 0.214. The molecule has 0 unspecified atom stereocenters. The maximum absolute atomic E-state index is 12.5. The Hall–Kier alpha value is -2.49. The topological polar surface area (TPSA) is 49.8 Å². The number of rotatable bonds is 4. The summed E-state index contributed by atoms with van der Waals surface area (Å²) in [6, 6.07) is 9.30. The van der Waals surface area contributed by atoms with Gasteiger partial charge in [-0.3, -0.25) is 4.79 Å². The highest BCUT2D eigenvalue weighted by Crippen LogP contribution is 2.32. The number of carbonyl (C=O) groups excluding carboxylic acids is 1. The summed E-state index contributed by atoms with van der Waals surface area (Å²) in [6.07, 6.45) is 3.90. The first kappa shape index (κ1) is 21.8. The quantitative estimate of drug-likeness (QED) is 0.738. The van der Waals surface area contributed by atoms with Crippen molar-refractivity contribution in [3.63, 3.8) is 0 Å². The van der Waals surface area contributed by atoms with Gasteiger partial charge in [-0.05, 0) is 80.5 Å². The SMILES string of the molecule is CC.Cc1cc(Oc2c(C)cc(CC(=O)N3CCCCC3)cc2C)ccc1O. The van der Waals surface area contributed by atoms with Gasteiger partial charge < -0.3 is 14.7 Å². The Kier molecular flexibility index (Phi) is 7.91. The number of aromatic hydroxyl groups is 1. The standard InChI is InChI=1S/C22H27NO3.C2H6/c1-15-13-19(7-8-20(15)24)26-22-16(2)11-18(12-17(22)3)14-21(25)23-9-5-4-6-10-23;1-2/h7-8,11-13,24H,4-6,9-10,14H2,1-3H3;1-2H3. The molecule has 1 fully saturated rings. The zero-order chi connectivity index (χ0) is 20.7. The second kappa shape index (κ2) is 10.2. The van der Waals surface area contributed by atoms with Crippen molar-refractivity contribution in [1.29, 1.82) is 0 Å². The van der Waals surface area contributed by atoms with Crippen LogP contribution in [0.1, 0.15) is 55.4 Å². The lowest BCUT2D eigenvalue weighted by Crippen LogP contribution is -2.36. The van der Waals surface area contributed by atoms with Crippen LogP contribution >= 0.6 is 0 Å². The van der Waals surface area contributed by atoms with Gasteiger partial charge in [0.2, 0.25) is 5.91 Å². The number of carbonyl (C=O) groups is 1. The molecule has 2 aromatic rings. The Morgan fingerprint density at radius 2 is 1.57 bits per heavy atom. The molecule has 0 bridgehead atoms. The van der Waals surface area contributed by atoms with Crippen LogP contribution in [0.5, 0.6) is 17.2 Å². The molecule has 152 valence electrons.